The monoisotopic (exact) mass is 294 g/mol. The van der Waals surface area contributed by atoms with E-state index in [9.17, 15) is 5.11 Å². The van der Waals surface area contributed by atoms with E-state index >= 15 is 0 Å². The summed E-state index contributed by atoms with van der Waals surface area (Å²) in [6.45, 7) is 11.8. The lowest BCUT2D eigenvalue weighted by molar-refractivity contribution is -0.0940. The van der Waals surface area contributed by atoms with Gasteiger partial charge in [-0.3, -0.25) is 0 Å². The van der Waals surface area contributed by atoms with Crippen LogP contribution in [-0.4, -0.2) is 30.0 Å². The third-order valence-electron chi connectivity index (χ3n) is 3.04. The molecule has 1 rings (SSSR count). The molecule has 0 aliphatic rings. The number of benzene rings is 1. The molecule has 0 saturated heterocycles. The van der Waals surface area contributed by atoms with Crippen molar-refractivity contribution in [3.8, 4) is 0 Å². The molecule has 21 heavy (non-hydrogen) atoms. The first-order chi connectivity index (χ1) is 9.68. The van der Waals surface area contributed by atoms with E-state index in [2.05, 4.69) is 34.6 Å². The summed E-state index contributed by atoms with van der Waals surface area (Å²) in [6.07, 6.45) is 0.352. The van der Waals surface area contributed by atoms with Crippen LogP contribution in [0.15, 0.2) is 30.3 Å². The molecule has 1 aromatic rings. The van der Waals surface area contributed by atoms with Crippen LogP contribution in [-0.2, 0) is 16.1 Å². The van der Waals surface area contributed by atoms with Gasteiger partial charge in [-0.2, -0.15) is 0 Å². The second kappa shape index (κ2) is 7.92. The standard InChI is InChI=1S/C18H30O3/c1-17(2,3)14-18(4,5)21-13-16(19)12-20-11-15-9-7-6-8-10-15/h6-10,16,19H,11-14H2,1-5H3. The van der Waals surface area contributed by atoms with Crippen LogP contribution in [0, 0.1) is 5.41 Å². The Labute approximate surface area is 129 Å². The summed E-state index contributed by atoms with van der Waals surface area (Å²) in [6, 6.07) is 9.95. The van der Waals surface area contributed by atoms with Crippen LogP contribution in [0.2, 0.25) is 0 Å². The molecule has 0 heterocycles. The van der Waals surface area contributed by atoms with Crippen molar-refractivity contribution in [1.82, 2.24) is 0 Å². The molecule has 3 nitrogen and oxygen atoms in total. The van der Waals surface area contributed by atoms with E-state index < -0.39 is 6.10 Å². The largest absolute Gasteiger partial charge is 0.388 e. The Morgan fingerprint density at radius 1 is 1.00 bits per heavy atom. The van der Waals surface area contributed by atoms with E-state index in [0.29, 0.717) is 19.8 Å². The van der Waals surface area contributed by atoms with Crippen molar-refractivity contribution >= 4 is 0 Å². The highest BCUT2D eigenvalue weighted by Crippen LogP contribution is 2.29. The lowest BCUT2D eigenvalue weighted by Crippen LogP contribution is -2.34. The van der Waals surface area contributed by atoms with E-state index in [4.69, 9.17) is 9.47 Å². The highest BCUT2D eigenvalue weighted by molar-refractivity contribution is 5.13. The smallest absolute Gasteiger partial charge is 0.101 e. The lowest BCUT2D eigenvalue weighted by atomic mass is 9.83. The minimum absolute atomic E-state index is 0.207. The van der Waals surface area contributed by atoms with Crippen LogP contribution in [0.3, 0.4) is 0 Å². The number of rotatable bonds is 8. The highest BCUT2D eigenvalue weighted by Gasteiger charge is 2.26. The number of hydrogen-bond acceptors (Lipinski definition) is 3. The zero-order valence-electron chi connectivity index (χ0n) is 14.1. The first-order valence-corrected chi connectivity index (χ1v) is 7.62. The average Bonchev–Trinajstić information content (AvgIpc) is 2.35. The van der Waals surface area contributed by atoms with E-state index in [1.165, 1.54) is 0 Å². The van der Waals surface area contributed by atoms with E-state index in [0.717, 1.165) is 12.0 Å². The van der Waals surface area contributed by atoms with E-state index in [-0.39, 0.29) is 11.0 Å². The SMILES string of the molecule is CC(C)(C)CC(C)(C)OCC(O)COCc1ccccc1. The first-order valence-electron chi connectivity index (χ1n) is 7.62. The van der Waals surface area contributed by atoms with Gasteiger partial charge in [-0.05, 0) is 31.2 Å². The molecule has 3 heteroatoms. The van der Waals surface area contributed by atoms with Crippen molar-refractivity contribution in [1.29, 1.82) is 0 Å². The number of hydrogen-bond donors (Lipinski definition) is 1. The molecular formula is C18H30O3. The molecule has 0 aromatic heterocycles. The number of ether oxygens (including phenoxy) is 2. The van der Waals surface area contributed by atoms with Gasteiger partial charge in [-0.1, -0.05) is 51.1 Å². The maximum atomic E-state index is 9.94. The minimum Gasteiger partial charge on any atom is -0.388 e. The van der Waals surface area contributed by atoms with Crippen LogP contribution >= 0.6 is 0 Å². The summed E-state index contributed by atoms with van der Waals surface area (Å²) in [5, 5.41) is 9.94. The third kappa shape index (κ3) is 8.86. The van der Waals surface area contributed by atoms with Crippen LogP contribution in [0.4, 0.5) is 0 Å². The molecule has 1 N–H and O–H groups in total. The molecule has 1 unspecified atom stereocenters. The normalized spacial score (nSPS) is 14.2. The maximum Gasteiger partial charge on any atom is 0.101 e. The fraction of sp³-hybridized carbons (Fsp3) is 0.667. The maximum absolute atomic E-state index is 9.94. The molecule has 0 amide bonds. The molecule has 120 valence electrons. The molecule has 0 aliphatic heterocycles. The molecule has 1 aromatic carbocycles. The van der Waals surface area contributed by atoms with Crippen molar-refractivity contribution in [3.63, 3.8) is 0 Å². The fourth-order valence-electron chi connectivity index (χ4n) is 2.59. The molecule has 0 spiro atoms. The Hall–Kier alpha value is -0.900. The van der Waals surface area contributed by atoms with E-state index in [1.54, 1.807) is 0 Å². The summed E-state index contributed by atoms with van der Waals surface area (Å²) in [7, 11) is 0. The van der Waals surface area contributed by atoms with Crippen molar-refractivity contribution < 1.29 is 14.6 Å². The molecule has 0 aliphatic carbocycles. The average molecular weight is 294 g/mol. The lowest BCUT2D eigenvalue weighted by Gasteiger charge is -2.33. The summed E-state index contributed by atoms with van der Waals surface area (Å²) in [4.78, 5) is 0. The second-order valence-electron chi connectivity index (χ2n) is 7.46. The topological polar surface area (TPSA) is 38.7 Å². The van der Waals surface area contributed by atoms with Crippen LogP contribution in [0.5, 0.6) is 0 Å². The molecular weight excluding hydrogens is 264 g/mol. The molecule has 1 atom stereocenters. The van der Waals surface area contributed by atoms with Gasteiger partial charge in [0.15, 0.2) is 0 Å². The van der Waals surface area contributed by atoms with Crippen molar-refractivity contribution in [3.05, 3.63) is 35.9 Å². The first kappa shape index (κ1) is 18.1. The molecule has 0 bridgehead atoms. The molecule has 0 saturated carbocycles. The zero-order chi connectivity index (χ0) is 15.9. The summed E-state index contributed by atoms with van der Waals surface area (Å²) in [5.74, 6) is 0. The Bertz CT molecular complexity index is 393. The Kier molecular flexibility index (Phi) is 6.85. The van der Waals surface area contributed by atoms with Crippen LogP contribution < -0.4 is 0 Å². The Balaban J connectivity index is 2.23. The van der Waals surface area contributed by atoms with Gasteiger partial charge in [0.25, 0.3) is 0 Å². The molecule has 0 fully saturated rings. The summed E-state index contributed by atoms with van der Waals surface area (Å²) in [5.41, 5.74) is 1.08. The fourth-order valence-corrected chi connectivity index (χ4v) is 2.59. The zero-order valence-corrected chi connectivity index (χ0v) is 14.1. The van der Waals surface area contributed by atoms with Crippen molar-refractivity contribution in [2.75, 3.05) is 13.2 Å². The van der Waals surface area contributed by atoms with Crippen molar-refractivity contribution in [2.24, 2.45) is 5.41 Å². The quantitative estimate of drug-likeness (QED) is 0.792. The highest BCUT2D eigenvalue weighted by atomic mass is 16.5. The van der Waals surface area contributed by atoms with Crippen LogP contribution in [0.25, 0.3) is 0 Å². The summed E-state index contributed by atoms with van der Waals surface area (Å²) >= 11 is 0. The van der Waals surface area contributed by atoms with Gasteiger partial charge in [0, 0.05) is 0 Å². The predicted octanol–water partition coefficient (Wildman–Crippen LogP) is 3.80. The third-order valence-corrected chi connectivity index (χ3v) is 3.04. The van der Waals surface area contributed by atoms with Gasteiger partial charge in [0.1, 0.15) is 6.10 Å². The van der Waals surface area contributed by atoms with Gasteiger partial charge in [-0.25, -0.2) is 0 Å². The van der Waals surface area contributed by atoms with Gasteiger partial charge in [0.2, 0.25) is 0 Å². The molecule has 0 radical (unpaired) electrons. The minimum atomic E-state index is -0.590. The predicted molar refractivity (Wildman–Crippen MR) is 86.2 cm³/mol. The van der Waals surface area contributed by atoms with Gasteiger partial charge in [0.05, 0.1) is 25.4 Å². The van der Waals surface area contributed by atoms with Gasteiger partial charge < -0.3 is 14.6 Å². The number of aliphatic hydroxyl groups excluding tert-OH is 1. The van der Waals surface area contributed by atoms with E-state index in [1.807, 2.05) is 30.3 Å². The van der Waals surface area contributed by atoms with Gasteiger partial charge in [-0.15, -0.1) is 0 Å². The van der Waals surface area contributed by atoms with Crippen molar-refractivity contribution in [2.45, 2.75) is 59.4 Å². The number of aliphatic hydroxyl groups is 1. The van der Waals surface area contributed by atoms with Crippen LogP contribution in [0.1, 0.15) is 46.6 Å². The van der Waals surface area contributed by atoms with Gasteiger partial charge >= 0.3 is 0 Å². The Morgan fingerprint density at radius 2 is 1.62 bits per heavy atom. The Morgan fingerprint density at radius 3 is 2.19 bits per heavy atom. The second-order valence-corrected chi connectivity index (χ2v) is 7.46. The summed E-state index contributed by atoms with van der Waals surface area (Å²) < 4.78 is 11.4.